The van der Waals surface area contributed by atoms with Gasteiger partial charge in [0.25, 0.3) is 11.6 Å². The normalized spacial score (nSPS) is 10.6. The Morgan fingerprint density at radius 3 is 2.76 bits per heavy atom. The van der Waals surface area contributed by atoms with Crippen LogP contribution in [0.25, 0.3) is 11.4 Å². The van der Waals surface area contributed by atoms with Gasteiger partial charge in [0.1, 0.15) is 6.54 Å². The standard InChI is InChI=1S/C21H20N4O4/c1-4-10-24(21(26)17-9-8-15(3)18(12-17)25(27)28)13-19-22-20(23-29-19)16-7-5-6-14(2)11-16/h4-9,11-12H,1,10,13H2,2-3H3. The number of benzene rings is 2. The molecule has 0 unspecified atom stereocenters. The van der Waals surface area contributed by atoms with Gasteiger partial charge in [-0.1, -0.05) is 41.1 Å². The Kier molecular flexibility index (Phi) is 5.82. The molecule has 8 heteroatoms. The summed E-state index contributed by atoms with van der Waals surface area (Å²) < 4.78 is 5.31. The van der Waals surface area contributed by atoms with Crippen molar-refractivity contribution in [1.82, 2.24) is 15.0 Å². The first-order chi connectivity index (χ1) is 13.9. The number of aryl methyl sites for hydroxylation is 2. The minimum atomic E-state index is -0.504. The number of nitrogens with zero attached hydrogens (tertiary/aromatic N) is 4. The van der Waals surface area contributed by atoms with Gasteiger partial charge in [0.05, 0.1) is 4.92 Å². The molecule has 1 amide bonds. The zero-order chi connectivity index (χ0) is 21.0. The average molecular weight is 392 g/mol. The number of hydrogen-bond acceptors (Lipinski definition) is 6. The van der Waals surface area contributed by atoms with Gasteiger partial charge >= 0.3 is 0 Å². The molecule has 0 atom stereocenters. The first-order valence-corrected chi connectivity index (χ1v) is 8.94. The monoisotopic (exact) mass is 392 g/mol. The molecule has 0 radical (unpaired) electrons. The van der Waals surface area contributed by atoms with Crippen LogP contribution < -0.4 is 0 Å². The number of amides is 1. The topological polar surface area (TPSA) is 102 Å². The van der Waals surface area contributed by atoms with E-state index in [9.17, 15) is 14.9 Å². The van der Waals surface area contributed by atoms with Gasteiger partial charge in [-0.15, -0.1) is 6.58 Å². The van der Waals surface area contributed by atoms with E-state index in [2.05, 4.69) is 16.7 Å². The van der Waals surface area contributed by atoms with E-state index in [1.165, 1.54) is 11.0 Å². The molecule has 0 aliphatic carbocycles. The highest BCUT2D eigenvalue weighted by atomic mass is 16.6. The molecule has 29 heavy (non-hydrogen) atoms. The quantitative estimate of drug-likeness (QED) is 0.341. The minimum absolute atomic E-state index is 0.0609. The van der Waals surface area contributed by atoms with E-state index in [1.54, 1.807) is 25.1 Å². The Balaban J connectivity index is 1.84. The van der Waals surface area contributed by atoms with Crippen LogP contribution in [0.4, 0.5) is 5.69 Å². The lowest BCUT2D eigenvalue weighted by Crippen LogP contribution is -2.31. The van der Waals surface area contributed by atoms with Crippen LogP contribution >= 0.6 is 0 Å². The SMILES string of the molecule is C=CCN(Cc1nc(-c2cccc(C)c2)no1)C(=O)c1ccc(C)c([N+](=O)[O-])c1. The third-order valence-electron chi connectivity index (χ3n) is 4.36. The van der Waals surface area contributed by atoms with Crippen molar-refractivity contribution >= 4 is 11.6 Å². The molecular weight excluding hydrogens is 372 g/mol. The maximum Gasteiger partial charge on any atom is 0.273 e. The van der Waals surface area contributed by atoms with Crippen LogP contribution in [-0.2, 0) is 6.54 Å². The number of hydrogen-bond donors (Lipinski definition) is 0. The van der Waals surface area contributed by atoms with Gasteiger partial charge in [-0.3, -0.25) is 14.9 Å². The lowest BCUT2D eigenvalue weighted by Gasteiger charge is -2.19. The summed E-state index contributed by atoms with van der Waals surface area (Å²) >= 11 is 0. The maximum atomic E-state index is 12.9. The molecule has 3 aromatic rings. The Labute approximate surface area is 167 Å². The molecule has 8 nitrogen and oxygen atoms in total. The number of aromatic nitrogens is 2. The van der Waals surface area contributed by atoms with Crippen LogP contribution in [0.1, 0.15) is 27.4 Å². The number of carbonyl (C=O) groups is 1. The molecule has 1 heterocycles. The van der Waals surface area contributed by atoms with Crippen molar-refractivity contribution < 1.29 is 14.2 Å². The summed E-state index contributed by atoms with van der Waals surface area (Å²) in [5.41, 5.74) is 2.48. The third-order valence-corrected chi connectivity index (χ3v) is 4.36. The fourth-order valence-electron chi connectivity index (χ4n) is 2.88. The van der Waals surface area contributed by atoms with Gasteiger partial charge < -0.3 is 9.42 Å². The van der Waals surface area contributed by atoms with Crippen molar-refractivity contribution in [2.75, 3.05) is 6.54 Å². The van der Waals surface area contributed by atoms with E-state index in [1.807, 2.05) is 31.2 Å². The Morgan fingerprint density at radius 2 is 2.07 bits per heavy atom. The highest BCUT2D eigenvalue weighted by Crippen LogP contribution is 2.22. The Hall–Kier alpha value is -3.81. The molecule has 0 bridgehead atoms. The molecule has 0 fully saturated rings. The van der Waals surface area contributed by atoms with Crippen LogP contribution in [0.5, 0.6) is 0 Å². The largest absolute Gasteiger partial charge is 0.337 e. The van der Waals surface area contributed by atoms with E-state index in [0.29, 0.717) is 11.4 Å². The lowest BCUT2D eigenvalue weighted by molar-refractivity contribution is -0.385. The highest BCUT2D eigenvalue weighted by Gasteiger charge is 2.21. The van der Waals surface area contributed by atoms with Crippen molar-refractivity contribution in [1.29, 1.82) is 0 Å². The van der Waals surface area contributed by atoms with Gasteiger partial charge in [-0.25, -0.2) is 0 Å². The number of rotatable bonds is 7. The fraction of sp³-hybridized carbons (Fsp3) is 0.190. The predicted octanol–water partition coefficient (Wildman–Crippen LogP) is 4.09. The summed E-state index contributed by atoms with van der Waals surface area (Å²) in [6.07, 6.45) is 1.57. The molecule has 3 rings (SSSR count). The molecule has 0 spiro atoms. The molecule has 1 aromatic heterocycles. The van der Waals surface area contributed by atoms with E-state index in [4.69, 9.17) is 4.52 Å². The van der Waals surface area contributed by atoms with Gasteiger partial charge in [0.2, 0.25) is 11.7 Å². The second-order valence-electron chi connectivity index (χ2n) is 6.61. The van der Waals surface area contributed by atoms with Crippen molar-refractivity contribution in [2.24, 2.45) is 0 Å². The summed E-state index contributed by atoms with van der Waals surface area (Å²) in [5.74, 6) is 0.308. The van der Waals surface area contributed by atoms with E-state index in [0.717, 1.165) is 11.1 Å². The van der Waals surface area contributed by atoms with Crippen molar-refractivity contribution in [2.45, 2.75) is 20.4 Å². The van der Waals surface area contributed by atoms with Crippen LogP contribution in [-0.4, -0.2) is 32.4 Å². The molecule has 2 aromatic carbocycles. The number of carbonyl (C=O) groups excluding carboxylic acids is 1. The minimum Gasteiger partial charge on any atom is -0.337 e. The van der Waals surface area contributed by atoms with Gasteiger partial charge in [-0.05, 0) is 26.0 Å². The molecule has 0 N–H and O–H groups in total. The van der Waals surface area contributed by atoms with Crippen molar-refractivity contribution in [3.8, 4) is 11.4 Å². The summed E-state index contributed by atoms with van der Waals surface area (Å²) in [6.45, 7) is 7.55. The first-order valence-electron chi connectivity index (χ1n) is 8.94. The summed E-state index contributed by atoms with van der Waals surface area (Å²) in [5, 5.41) is 15.2. The van der Waals surface area contributed by atoms with Crippen LogP contribution in [0.15, 0.2) is 59.6 Å². The highest BCUT2D eigenvalue weighted by molar-refractivity contribution is 5.95. The third kappa shape index (κ3) is 4.55. The van der Waals surface area contributed by atoms with Crippen LogP contribution in [0.2, 0.25) is 0 Å². The van der Waals surface area contributed by atoms with E-state index in [-0.39, 0.29) is 36.1 Å². The zero-order valence-corrected chi connectivity index (χ0v) is 16.2. The number of nitro benzene ring substituents is 1. The molecular formula is C21H20N4O4. The average Bonchev–Trinajstić information content (AvgIpc) is 3.16. The molecule has 0 saturated heterocycles. The summed E-state index contributed by atoms with van der Waals surface area (Å²) in [7, 11) is 0. The predicted molar refractivity (Wildman–Crippen MR) is 107 cm³/mol. The van der Waals surface area contributed by atoms with Gasteiger partial charge in [-0.2, -0.15) is 4.98 Å². The molecule has 148 valence electrons. The molecule has 0 saturated carbocycles. The summed E-state index contributed by atoms with van der Waals surface area (Å²) in [6, 6.07) is 12.1. The lowest BCUT2D eigenvalue weighted by atomic mass is 10.1. The van der Waals surface area contributed by atoms with Crippen molar-refractivity contribution in [3.05, 3.63) is 87.8 Å². The summed E-state index contributed by atoms with van der Waals surface area (Å²) in [4.78, 5) is 29.4. The van der Waals surface area contributed by atoms with E-state index < -0.39 is 4.92 Å². The van der Waals surface area contributed by atoms with Gasteiger partial charge in [0, 0.05) is 29.3 Å². The smallest absolute Gasteiger partial charge is 0.273 e. The first kappa shape index (κ1) is 19.9. The fourth-order valence-corrected chi connectivity index (χ4v) is 2.88. The second-order valence-corrected chi connectivity index (χ2v) is 6.61. The molecule has 0 aliphatic heterocycles. The molecule has 0 aliphatic rings. The Bertz CT molecular complexity index is 1070. The Morgan fingerprint density at radius 1 is 1.28 bits per heavy atom. The number of nitro groups is 1. The van der Waals surface area contributed by atoms with Crippen LogP contribution in [0.3, 0.4) is 0 Å². The zero-order valence-electron chi connectivity index (χ0n) is 16.2. The van der Waals surface area contributed by atoms with Crippen LogP contribution in [0, 0.1) is 24.0 Å². The maximum absolute atomic E-state index is 12.9. The van der Waals surface area contributed by atoms with Crippen molar-refractivity contribution in [3.63, 3.8) is 0 Å². The van der Waals surface area contributed by atoms with E-state index >= 15 is 0 Å². The second kappa shape index (κ2) is 8.47. The van der Waals surface area contributed by atoms with Gasteiger partial charge in [0.15, 0.2) is 0 Å².